The Morgan fingerprint density at radius 3 is 2.51 bits per heavy atom. The van der Waals surface area contributed by atoms with Crippen molar-refractivity contribution in [3.8, 4) is 6.07 Å². The van der Waals surface area contributed by atoms with Crippen LogP contribution < -0.4 is 10.6 Å². The topological polar surface area (TPSA) is 81.8 Å². The molecule has 2 N–H and O–H groups in total. The van der Waals surface area contributed by atoms with E-state index in [4.69, 9.17) is 0 Å². The van der Waals surface area contributed by atoms with E-state index in [0.29, 0.717) is 22.1 Å². The fourth-order valence-corrected chi connectivity index (χ4v) is 8.51. The van der Waals surface area contributed by atoms with E-state index in [1.807, 2.05) is 0 Å². The van der Waals surface area contributed by atoms with Gasteiger partial charge in [-0.15, -0.1) is 11.3 Å². The van der Waals surface area contributed by atoms with Crippen molar-refractivity contribution in [2.24, 2.45) is 5.41 Å². The third kappa shape index (κ3) is 6.42. The van der Waals surface area contributed by atoms with Gasteiger partial charge in [0.2, 0.25) is 0 Å². The van der Waals surface area contributed by atoms with Gasteiger partial charge in [0.1, 0.15) is 28.7 Å². The lowest BCUT2D eigenvalue weighted by Crippen LogP contribution is -2.51. The van der Waals surface area contributed by atoms with Crippen LogP contribution in [0.4, 0.5) is 19.0 Å². The van der Waals surface area contributed by atoms with E-state index in [1.165, 1.54) is 48.5 Å². The SMILES string of the molecule is CCC1(Cn2c(C#N)cc3c(C)c(CN4CCC(Nc5ncnc6sc(CC(F)(F)F)cc56)CC4)ccc32)CC(NC2CC2)C1. The van der Waals surface area contributed by atoms with E-state index >= 15 is 0 Å². The molecule has 1 aromatic carbocycles. The summed E-state index contributed by atoms with van der Waals surface area (Å²) in [5, 5.41) is 19.2. The number of halogens is 3. The minimum atomic E-state index is -4.25. The van der Waals surface area contributed by atoms with Gasteiger partial charge in [-0.1, -0.05) is 13.0 Å². The van der Waals surface area contributed by atoms with Gasteiger partial charge in [0, 0.05) is 60.1 Å². The number of nitrogens with one attached hydrogen (secondary N) is 2. The molecule has 4 heterocycles. The van der Waals surface area contributed by atoms with Gasteiger partial charge in [-0.2, -0.15) is 18.4 Å². The Bertz CT molecular complexity index is 1730. The third-order valence-corrected chi connectivity index (χ3v) is 11.4. The van der Waals surface area contributed by atoms with Crippen LogP contribution in [0.15, 0.2) is 30.6 Å². The van der Waals surface area contributed by atoms with Crippen molar-refractivity contribution in [3.05, 3.63) is 52.3 Å². The number of alkyl halides is 3. The highest BCUT2D eigenvalue weighted by Gasteiger charge is 2.45. The Balaban J connectivity index is 0.997. The number of aromatic nitrogens is 3. The smallest absolute Gasteiger partial charge is 0.367 e. The first-order chi connectivity index (χ1) is 21.6. The number of aryl methyl sites for hydroxylation is 1. The maximum absolute atomic E-state index is 12.9. The summed E-state index contributed by atoms with van der Waals surface area (Å²) in [7, 11) is 0. The summed E-state index contributed by atoms with van der Waals surface area (Å²) < 4.78 is 41.1. The van der Waals surface area contributed by atoms with E-state index in [9.17, 15) is 18.4 Å². The fourth-order valence-electron chi connectivity index (χ4n) is 7.48. The quantitative estimate of drug-likeness (QED) is 0.190. The van der Waals surface area contributed by atoms with Gasteiger partial charge in [-0.05, 0) is 86.6 Å². The molecule has 1 aliphatic heterocycles. The minimum Gasteiger partial charge on any atom is -0.367 e. The number of nitriles is 1. The van der Waals surface area contributed by atoms with Crippen LogP contribution in [0.1, 0.15) is 73.6 Å². The van der Waals surface area contributed by atoms with Crippen molar-refractivity contribution >= 4 is 38.3 Å². The van der Waals surface area contributed by atoms with Crippen LogP contribution in [-0.2, 0) is 19.5 Å². The molecule has 0 bridgehead atoms. The predicted octanol–water partition coefficient (Wildman–Crippen LogP) is 7.32. The number of nitrogens with zero attached hydrogens (tertiary/aromatic N) is 5. The highest BCUT2D eigenvalue weighted by atomic mass is 32.1. The summed E-state index contributed by atoms with van der Waals surface area (Å²) in [5.74, 6) is 0.615. The second-order valence-corrected chi connectivity index (χ2v) is 14.7. The highest BCUT2D eigenvalue weighted by molar-refractivity contribution is 7.18. The van der Waals surface area contributed by atoms with Gasteiger partial charge in [0.05, 0.1) is 11.8 Å². The summed E-state index contributed by atoms with van der Waals surface area (Å²) in [6.45, 7) is 8.03. The zero-order valence-corrected chi connectivity index (χ0v) is 26.7. The zero-order valence-electron chi connectivity index (χ0n) is 25.9. The van der Waals surface area contributed by atoms with Crippen molar-refractivity contribution in [1.29, 1.82) is 5.26 Å². The van der Waals surface area contributed by atoms with Gasteiger partial charge in [-0.3, -0.25) is 4.90 Å². The molecule has 7 nitrogen and oxygen atoms in total. The van der Waals surface area contributed by atoms with Crippen LogP contribution in [0.25, 0.3) is 21.1 Å². The maximum Gasteiger partial charge on any atom is 0.393 e. The number of fused-ring (bicyclic) bond motifs is 2. The molecule has 238 valence electrons. The molecular formula is C34H40F3N7S. The number of likely N-dealkylation sites (tertiary alicyclic amines) is 1. The average molecular weight is 636 g/mol. The summed E-state index contributed by atoms with van der Waals surface area (Å²) in [5.41, 5.74) is 4.68. The Morgan fingerprint density at radius 2 is 1.82 bits per heavy atom. The first-order valence-electron chi connectivity index (χ1n) is 16.2. The largest absolute Gasteiger partial charge is 0.393 e. The summed E-state index contributed by atoms with van der Waals surface area (Å²) in [6, 6.07) is 12.1. The molecule has 0 unspecified atom stereocenters. The fraction of sp³-hybridized carbons (Fsp3) is 0.559. The number of hydrogen-bond acceptors (Lipinski definition) is 7. The molecule has 7 rings (SSSR count). The molecule has 0 spiro atoms. The van der Waals surface area contributed by atoms with E-state index < -0.39 is 12.6 Å². The molecule has 4 aromatic rings. The van der Waals surface area contributed by atoms with Gasteiger partial charge in [0.15, 0.2) is 0 Å². The minimum absolute atomic E-state index is 0.192. The van der Waals surface area contributed by atoms with Crippen LogP contribution in [0.3, 0.4) is 0 Å². The first-order valence-corrected chi connectivity index (χ1v) is 17.0. The van der Waals surface area contributed by atoms with Crippen molar-refractivity contribution in [2.45, 2.75) is 103 Å². The summed E-state index contributed by atoms with van der Waals surface area (Å²) >= 11 is 1.08. The van der Waals surface area contributed by atoms with Crippen molar-refractivity contribution in [1.82, 2.24) is 24.8 Å². The number of anilines is 1. The summed E-state index contributed by atoms with van der Waals surface area (Å²) in [6.07, 6.45) is 4.17. The Hall–Kier alpha value is -3.20. The van der Waals surface area contributed by atoms with Crippen LogP contribution in [-0.4, -0.2) is 56.8 Å². The van der Waals surface area contributed by atoms with Crippen LogP contribution >= 0.6 is 11.3 Å². The number of rotatable bonds is 10. The van der Waals surface area contributed by atoms with Gasteiger partial charge >= 0.3 is 6.18 Å². The molecule has 0 radical (unpaired) electrons. The van der Waals surface area contributed by atoms with E-state index in [0.717, 1.165) is 74.0 Å². The lowest BCUT2D eigenvalue weighted by Gasteiger charge is -2.48. The molecule has 3 fully saturated rings. The normalized spacial score (nSPS) is 23.0. The molecule has 0 amide bonds. The Kier molecular flexibility index (Phi) is 8.03. The van der Waals surface area contributed by atoms with Crippen LogP contribution in [0, 0.1) is 23.7 Å². The number of piperidine rings is 1. The predicted molar refractivity (Wildman–Crippen MR) is 172 cm³/mol. The third-order valence-electron chi connectivity index (χ3n) is 10.3. The molecule has 2 aliphatic carbocycles. The second kappa shape index (κ2) is 11.9. The number of benzene rings is 1. The molecule has 3 aliphatic rings. The second-order valence-electron chi connectivity index (χ2n) is 13.6. The number of hydrogen-bond donors (Lipinski definition) is 2. The lowest BCUT2D eigenvalue weighted by molar-refractivity contribution is -0.126. The standard InChI is InChI=1S/C34H40F3N7S/c1-3-33(14-25(15-33)41-23-5-6-23)19-44-26(17-38)12-28-21(2)22(4-7-30(28)44)18-43-10-8-24(9-11-43)42-31-29-13-27(16-34(35,36)37)45-32(29)40-20-39-31/h4,7,12-13,20,23-25,41H,3,5-6,8-11,14-16,18-19H2,1-2H3,(H,39,40,42). The van der Waals surface area contributed by atoms with Crippen molar-refractivity contribution < 1.29 is 13.2 Å². The maximum atomic E-state index is 12.9. The molecular weight excluding hydrogens is 595 g/mol. The van der Waals surface area contributed by atoms with Gasteiger partial charge in [-0.25, -0.2) is 9.97 Å². The van der Waals surface area contributed by atoms with Crippen LogP contribution in [0.5, 0.6) is 0 Å². The molecule has 0 atom stereocenters. The van der Waals surface area contributed by atoms with Gasteiger partial charge < -0.3 is 15.2 Å². The first kappa shape index (κ1) is 30.5. The molecule has 11 heteroatoms. The van der Waals surface area contributed by atoms with E-state index in [1.54, 1.807) is 6.07 Å². The van der Waals surface area contributed by atoms with Crippen molar-refractivity contribution in [2.75, 3.05) is 18.4 Å². The average Bonchev–Trinajstić information content (AvgIpc) is 3.60. The van der Waals surface area contributed by atoms with Crippen molar-refractivity contribution in [3.63, 3.8) is 0 Å². The van der Waals surface area contributed by atoms with E-state index in [2.05, 4.69) is 68.2 Å². The monoisotopic (exact) mass is 635 g/mol. The highest BCUT2D eigenvalue weighted by Crippen LogP contribution is 2.47. The Labute approximate surface area is 265 Å². The van der Waals surface area contributed by atoms with Gasteiger partial charge in [0.25, 0.3) is 0 Å². The molecule has 2 saturated carbocycles. The van der Waals surface area contributed by atoms with Crippen LogP contribution in [0.2, 0.25) is 0 Å². The Morgan fingerprint density at radius 1 is 1.04 bits per heavy atom. The summed E-state index contributed by atoms with van der Waals surface area (Å²) in [4.78, 5) is 11.9. The molecule has 1 saturated heterocycles. The zero-order chi connectivity index (χ0) is 31.3. The molecule has 3 aromatic heterocycles. The number of thiophene rings is 1. The lowest BCUT2D eigenvalue weighted by atomic mass is 9.63. The molecule has 45 heavy (non-hydrogen) atoms. The van der Waals surface area contributed by atoms with E-state index in [-0.39, 0.29) is 16.3 Å².